The maximum absolute atomic E-state index is 14.1. The Hall–Kier alpha value is -6.31. The molecule has 0 heterocycles. The van der Waals surface area contributed by atoms with E-state index in [0.29, 0.717) is 22.9 Å². The Morgan fingerprint density at radius 2 is 1.33 bits per heavy atom. The van der Waals surface area contributed by atoms with Gasteiger partial charge < -0.3 is 17.5 Å². The molecule has 2 N–H and O–H groups in total. The molecule has 0 atom stereocenters. The number of sulfonamides is 3. The van der Waals surface area contributed by atoms with Crippen LogP contribution in [0.1, 0.15) is 5.56 Å². The van der Waals surface area contributed by atoms with Gasteiger partial charge in [-0.1, -0.05) is 29.8 Å². The first-order chi connectivity index (χ1) is 32.8. The molecule has 0 aliphatic carbocycles. The number of nitrogens with one attached hydrogen (secondary N) is 2. The first kappa shape index (κ1) is 54.6. The van der Waals surface area contributed by atoms with Crippen LogP contribution in [0.5, 0.6) is 17.2 Å². The number of rotatable bonds is 20. The van der Waals surface area contributed by atoms with Crippen molar-refractivity contribution in [1.29, 1.82) is 0 Å². The molecular weight excluding hydrogens is 1050 g/mol. The van der Waals surface area contributed by atoms with Gasteiger partial charge in [-0.05, 0) is 42.5 Å². The Morgan fingerprint density at radius 3 is 1.97 bits per heavy atom. The van der Waals surface area contributed by atoms with Crippen LogP contribution >= 0.6 is 23.2 Å². The van der Waals surface area contributed by atoms with Gasteiger partial charge in [-0.2, -0.15) is 0 Å². The van der Waals surface area contributed by atoms with E-state index >= 15 is 0 Å². The van der Waals surface area contributed by atoms with E-state index in [1.165, 1.54) is 82.0 Å². The maximum atomic E-state index is 14.1. The van der Waals surface area contributed by atoms with Crippen LogP contribution in [-0.2, 0) is 56.6 Å². The monoisotopic (exact) mass is 1090 g/mol. The molecule has 6 rings (SSSR count). The van der Waals surface area contributed by atoms with Gasteiger partial charge in [0.2, 0.25) is 5.91 Å². The van der Waals surface area contributed by atoms with Crippen molar-refractivity contribution in [1.82, 2.24) is 0 Å². The number of hydrogen-bond donors (Lipinski definition) is 2. The molecule has 6 aromatic carbocycles. The molecule has 70 heavy (non-hydrogen) atoms. The molecule has 0 saturated heterocycles. The predicted octanol–water partition coefficient (Wildman–Crippen LogP) is 8.39. The Morgan fingerprint density at radius 1 is 0.671 bits per heavy atom. The van der Waals surface area contributed by atoms with Crippen LogP contribution in [0.3, 0.4) is 0 Å². The van der Waals surface area contributed by atoms with Crippen LogP contribution in [0.25, 0.3) is 4.85 Å². The quantitative estimate of drug-likeness (QED) is 0.0700. The SMILES string of the molecule is COc1ccc(N(CC(=O)Nc2ccc(CC#[N+]CN(c3cccc(N[C](=[Co])CN(c4[c-]ccc(Cl)c4)S(=O)(=O)c4ccc(OC)c(OC)c4)c3)S(C)(=O)=O)cc2)S(=O)(=O)c2ccccc2)cc1Cl.[CH3-]. The number of hydrogen-bond acceptors (Lipinski definition) is 11. The van der Waals surface area contributed by atoms with Crippen molar-refractivity contribution in [2.75, 3.05) is 70.9 Å². The molecule has 0 spiro atoms. The third-order valence-corrected chi connectivity index (χ3v) is 15.4. The molecule has 0 aromatic heterocycles. The molecule has 1 amide bonds. The number of benzene rings is 6. The summed E-state index contributed by atoms with van der Waals surface area (Å²) in [4.78, 5) is 17.5. The molecule has 0 bridgehead atoms. The summed E-state index contributed by atoms with van der Waals surface area (Å²) >= 11 is 17.3. The number of amides is 1. The summed E-state index contributed by atoms with van der Waals surface area (Å²) in [7, 11) is -8.09. The molecule has 0 fully saturated rings. The van der Waals surface area contributed by atoms with E-state index in [1.807, 2.05) is 0 Å². The first-order valence-electron chi connectivity index (χ1n) is 20.3. The smallest absolute Gasteiger partial charge is 0.358 e. The Labute approximate surface area is 426 Å². The third kappa shape index (κ3) is 13.7. The summed E-state index contributed by atoms with van der Waals surface area (Å²) in [6.45, 7) is -1.20. The van der Waals surface area contributed by atoms with Crippen molar-refractivity contribution in [3.8, 4) is 23.3 Å². The summed E-state index contributed by atoms with van der Waals surface area (Å²) in [5.41, 5.74) is 2.04. The minimum absolute atomic E-state index is 0. The number of methoxy groups -OCH3 is 3. The minimum atomic E-state index is -4.28. The molecular formula is C48H47Cl2CoN6O10S3-. The summed E-state index contributed by atoms with van der Waals surface area (Å²) < 4.78 is 101. The molecule has 0 radical (unpaired) electrons. The van der Waals surface area contributed by atoms with E-state index in [2.05, 4.69) is 42.9 Å². The van der Waals surface area contributed by atoms with E-state index in [-0.39, 0.29) is 74.3 Å². The number of halogens is 2. The van der Waals surface area contributed by atoms with Crippen molar-refractivity contribution >= 4 is 92.2 Å². The van der Waals surface area contributed by atoms with Gasteiger partial charge in [0.15, 0.2) is 0 Å². The van der Waals surface area contributed by atoms with Crippen LogP contribution in [0, 0.1) is 19.6 Å². The van der Waals surface area contributed by atoms with Crippen LogP contribution in [0.2, 0.25) is 10.0 Å². The van der Waals surface area contributed by atoms with Crippen molar-refractivity contribution in [2.24, 2.45) is 0 Å². The van der Waals surface area contributed by atoms with Gasteiger partial charge in [0.05, 0.1) is 22.7 Å². The zero-order valence-electron chi connectivity index (χ0n) is 38.2. The summed E-state index contributed by atoms with van der Waals surface area (Å²) in [6, 6.07) is 39.6. The second-order valence-electron chi connectivity index (χ2n) is 14.6. The van der Waals surface area contributed by atoms with Gasteiger partial charge in [0.25, 0.3) is 10.0 Å². The molecule has 0 saturated carbocycles. The second-order valence-corrected chi connectivity index (χ2v) is 21.7. The molecule has 6 aromatic rings. The number of ether oxygens (including phenoxy) is 3. The van der Waals surface area contributed by atoms with E-state index in [0.717, 1.165) is 24.7 Å². The molecule has 0 aliphatic heterocycles. The zero-order chi connectivity index (χ0) is 49.9. The first-order valence-corrected chi connectivity index (χ1v) is 26.3. The predicted molar refractivity (Wildman–Crippen MR) is 273 cm³/mol. The normalized spacial score (nSPS) is 11.2. The van der Waals surface area contributed by atoms with E-state index in [1.54, 1.807) is 72.8 Å². The van der Waals surface area contributed by atoms with Gasteiger partial charge in [-0.25, -0.2) is 8.42 Å². The average Bonchev–Trinajstić information content (AvgIpc) is 3.32. The van der Waals surface area contributed by atoms with E-state index in [4.69, 9.17) is 37.4 Å². The van der Waals surface area contributed by atoms with Crippen molar-refractivity contribution in [2.45, 2.75) is 16.2 Å². The van der Waals surface area contributed by atoms with Gasteiger partial charge in [0, 0.05) is 5.69 Å². The molecule has 22 heteroatoms. The van der Waals surface area contributed by atoms with E-state index < -0.39 is 42.5 Å². The Balaban J connectivity index is 0.00000913. The van der Waals surface area contributed by atoms with Gasteiger partial charge in [-0.3, -0.25) is 9.10 Å². The summed E-state index contributed by atoms with van der Waals surface area (Å²) in [5.74, 6) is 0.248. The fraction of sp³-hybridized carbons (Fsp3) is 0.167. The third-order valence-electron chi connectivity index (χ3n) is 9.92. The van der Waals surface area contributed by atoms with Crippen LogP contribution < -0.4 is 37.8 Å². The fourth-order valence-electron chi connectivity index (χ4n) is 6.54. The average molecular weight is 1090 g/mol. The topological polar surface area (TPSA) is 185 Å². The van der Waals surface area contributed by atoms with Gasteiger partial charge >= 0.3 is 266 Å². The van der Waals surface area contributed by atoms with E-state index in [9.17, 15) is 30.0 Å². The molecule has 371 valence electrons. The summed E-state index contributed by atoms with van der Waals surface area (Å²) in [5, 5.41) is 6.22. The van der Waals surface area contributed by atoms with Crippen molar-refractivity contribution in [3.05, 3.63) is 167 Å². The second kappa shape index (κ2) is 24.0. The number of anilines is 5. The Kier molecular flexibility index (Phi) is 18.7. The molecule has 0 aliphatic rings. The summed E-state index contributed by atoms with van der Waals surface area (Å²) in [6.07, 6.45) is 1.21. The number of nitrogens with zero attached hydrogens (tertiary/aromatic N) is 4. The van der Waals surface area contributed by atoms with Crippen LogP contribution in [0.4, 0.5) is 28.4 Å². The van der Waals surface area contributed by atoms with Crippen LogP contribution in [-0.4, -0.2) is 83.1 Å². The Bertz CT molecular complexity index is 3250. The minimum Gasteiger partial charge on any atom is -0.358 e. The zero-order valence-corrected chi connectivity index (χ0v) is 43.2. The standard InChI is InChI=1S/C47H44Cl2N6O10S3.CH3.Co/c1-63-44-22-20-40(30-43(44)49)54(67(59,60)41-14-6-5-7-15-41)32-47(56)52-36-18-16-34(17-19-36)24-25-50-33-55(66(4,57)58)39-13-9-11-37(29-39)51-26-27-53(38-12-8-10-35(48)28-38)68(61,62)42-21-23-45(64-2)46(31-42)65-3;;/h5-11,13-23,28-31,51H,24,27,32-33H2,1-4H3,(H,52,56);1H3;/q;-1;. The molecule has 16 nitrogen and oxygen atoms in total. The fourth-order valence-corrected chi connectivity index (χ4v) is 11.0. The number of carbonyl (C=O) groups is 1. The number of carbonyl (C=O) groups excluding carboxylic acids is 1. The van der Waals surface area contributed by atoms with Crippen molar-refractivity contribution < 1.29 is 59.6 Å². The molecule has 0 unspecified atom stereocenters. The van der Waals surface area contributed by atoms with Gasteiger partial charge in [0.1, 0.15) is 12.3 Å². The van der Waals surface area contributed by atoms with Crippen LogP contribution in [0.15, 0.2) is 143 Å². The van der Waals surface area contributed by atoms with Gasteiger partial charge in [-0.15, -0.1) is 0 Å². The van der Waals surface area contributed by atoms with Crippen molar-refractivity contribution in [3.63, 3.8) is 0 Å².